The van der Waals surface area contributed by atoms with Gasteiger partial charge in [0.25, 0.3) is 0 Å². The zero-order chi connectivity index (χ0) is 33.8. The summed E-state index contributed by atoms with van der Waals surface area (Å²) in [5.41, 5.74) is 0. The van der Waals surface area contributed by atoms with Crippen molar-refractivity contribution >= 4 is 17.9 Å². The highest BCUT2D eigenvalue weighted by Crippen LogP contribution is 2.15. The highest BCUT2D eigenvalue weighted by Gasteiger charge is 2.19. The zero-order valence-electron chi connectivity index (χ0n) is 30.3. The van der Waals surface area contributed by atoms with Crippen LogP contribution in [-0.2, 0) is 28.6 Å². The van der Waals surface area contributed by atoms with Gasteiger partial charge in [-0.05, 0) is 19.3 Å². The molecule has 0 amide bonds. The molecular weight excluding hydrogens is 580 g/mol. The van der Waals surface area contributed by atoms with Gasteiger partial charge in [-0.15, -0.1) is 0 Å². The topological polar surface area (TPSA) is 99.1 Å². The Kier molecular flexibility index (Phi) is 34.9. The van der Waals surface area contributed by atoms with Crippen molar-refractivity contribution in [3.8, 4) is 0 Å². The average molecular weight is 655 g/mol. The lowest BCUT2D eigenvalue weighted by atomic mass is 10.0. The van der Waals surface area contributed by atoms with E-state index in [2.05, 4.69) is 13.8 Å². The lowest BCUT2D eigenvalue weighted by Crippen LogP contribution is -2.31. The molecule has 0 aliphatic carbocycles. The van der Waals surface area contributed by atoms with Gasteiger partial charge in [0.15, 0.2) is 6.10 Å². The van der Waals surface area contributed by atoms with Crippen LogP contribution < -0.4 is 0 Å². The van der Waals surface area contributed by atoms with E-state index in [1.807, 2.05) is 0 Å². The van der Waals surface area contributed by atoms with Crippen molar-refractivity contribution in [2.45, 2.75) is 213 Å². The second-order valence-electron chi connectivity index (χ2n) is 13.3. The van der Waals surface area contributed by atoms with Crippen LogP contribution in [0.4, 0.5) is 0 Å². The molecule has 1 N–H and O–H groups in total. The second kappa shape index (κ2) is 36.2. The van der Waals surface area contributed by atoms with Crippen LogP contribution in [0.15, 0.2) is 0 Å². The summed E-state index contributed by atoms with van der Waals surface area (Å²) in [7, 11) is 0. The van der Waals surface area contributed by atoms with Crippen LogP contribution in [0.5, 0.6) is 0 Å². The van der Waals surface area contributed by atoms with Crippen LogP contribution in [0.1, 0.15) is 206 Å². The molecule has 0 fully saturated rings. The quantitative estimate of drug-likeness (QED) is 0.0407. The third kappa shape index (κ3) is 33.7. The van der Waals surface area contributed by atoms with Gasteiger partial charge in [0.2, 0.25) is 0 Å². The van der Waals surface area contributed by atoms with Gasteiger partial charge in [-0.25, -0.2) is 0 Å². The number of hydrogen-bond acceptors (Lipinski definition) is 7. The first-order valence-corrected chi connectivity index (χ1v) is 19.6. The normalized spacial score (nSPS) is 11.2. The van der Waals surface area contributed by atoms with Crippen molar-refractivity contribution in [2.75, 3.05) is 19.8 Å². The fourth-order valence-corrected chi connectivity index (χ4v) is 5.67. The van der Waals surface area contributed by atoms with Crippen molar-refractivity contribution < 1.29 is 33.7 Å². The summed E-state index contributed by atoms with van der Waals surface area (Å²) in [5, 5.41) is 8.99. The number of carbonyl (C=O) groups excluding carboxylic acids is 3. The minimum Gasteiger partial charge on any atom is -0.462 e. The Morgan fingerprint density at radius 3 is 1.00 bits per heavy atom. The Hall–Kier alpha value is -1.63. The van der Waals surface area contributed by atoms with Crippen LogP contribution in [-0.4, -0.2) is 48.9 Å². The Labute approximate surface area is 283 Å². The molecule has 0 aromatic rings. The molecule has 0 radical (unpaired) electrons. The standard InChI is InChI=1S/C39H74O7/c1-3-5-7-9-11-13-15-17-19-21-23-25-27-30-37(41)44-34-36(46-39(43)32-29-33-40)35-45-38(42)31-28-26-24-22-20-18-16-14-12-10-8-6-4-2/h36,40H,3-35H2,1-2H3. The maximum Gasteiger partial charge on any atom is 0.306 e. The number of rotatable bonds is 36. The smallest absolute Gasteiger partial charge is 0.306 e. The first-order valence-electron chi connectivity index (χ1n) is 19.6. The predicted molar refractivity (Wildman–Crippen MR) is 189 cm³/mol. The van der Waals surface area contributed by atoms with Crippen molar-refractivity contribution in [3.63, 3.8) is 0 Å². The first-order chi connectivity index (χ1) is 22.5. The lowest BCUT2D eigenvalue weighted by molar-refractivity contribution is -0.167. The molecule has 0 unspecified atom stereocenters. The van der Waals surface area contributed by atoms with E-state index in [4.69, 9.17) is 19.3 Å². The summed E-state index contributed by atoms with van der Waals surface area (Å²) in [4.78, 5) is 36.7. The van der Waals surface area contributed by atoms with E-state index in [0.29, 0.717) is 19.3 Å². The van der Waals surface area contributed by atoms with Gasteiger partial charge in [0, 0.05) is 25.9 Å². The molecule has 0 heterocycles. The highest BCUT2D eigenvalue weighted by atomic mass is 16.6. The molecule has 0 aliphatic rings. The summed E-state index contributed by atoms with van der Waals surface area (Å²) in [6.07, 6.45) is 32.5. The van der Waals surface area contributed by atoms with E-state index < -0.39 is 12.1 Å². The number of ether oxygens (including phenoxy) is 3. The molecule has 0 bridgehead atoms. The van der Waals surface area contributed by atoms with E-state index in [9.17, 15) is 14.4 Å². The molecule has 0 aromatic carbocycles. The predicted octanol–water partition coefficient (Wildman–Crippen LogP) is 10.7. The largest absolute Gasteiger partial charge is 0.462 e. The second-order valence-corrected chi connectivity index (χ2v) is 13.3. The number of unbranched alkanes of at least 4 members (excludes halogenated alkanes) is 24. The van der Waals surface area contributed by atoms with E-state index in [1.165, 1.54) is 128 Å². The molecule has 0 aromatic heterocycles. The van der Waals surface area contributed by atoms with Gasteiger partial charge in [-0.1, -0.05) is 168 Å². The Bertz CT molecular complexity index is 635. The maximum atomic E-state index is 12.3. The molecule has 0 saturated carbocycles. The van der Waals surface area contributed by atoms with Crippen molar-refractivity contribution in [1.29, 1.82) is 0 Å². The minimum absolute atomic E-state index is 0.0623. The molecule has 7 heteroatoms. The molecule has 0 atom stereocenters. The highest BCUT2D eigenvalue weighted by molar-refractivity contribution is 5.71. The minimum atomic E-state index is -0.836. The zero-order valence-corrected chi connectivity index (χ0v) is 30.3. The number of esters is 3. The summed E-state index contributed by atoms with van der Waals surface area (Å²) < 4.78 is 16.1. The summed E-state index contributed by atoms with van der Waals surface area (Å²) >= 11 is 0. The first kappa shape index (κ1) is 44.4. The average Bonchev–Trinajstić information content (AvgIpc) is 3.05. The molecule has 0 aliphatic heterocycles. The van der Waals surface area contributed by atoms with Crippen LogP contribution >= 0.6 is 0 Å². The molecule has 7 nitrogen and oxygen atoms in total. The number of hydrogen-bond donors (Lipinski definition) is 1. The van der Waals surface area contributed by atoms with Crippen LogP contribution in [0, 0.1) is 0 Å². The monoisotopic (exact) mass is 655 g/mol. The van der Waals surface area contributed by atoms with E-state index in [-0.39, 0.29) is 38.2 Å². The Morgan fingerprint density at radius 2 is 0.696 bits per heavy atom. The fraction of sp³-hybridized carbons (Fsp3) is 0.923. The van der Waals surface area contributed by atoms with Gasteiger partial charge < -0.3 is 19.3 Å². The van der Waals surface area contributed by atoms with Crippen LogP contribution in [0.3, 0.4) is 0 Å². The van der Waals surface area contributed by atoms with Crippen LogP contribution in [0.25, 0.3) is 0 Å². The van der Waals surface area contributed by atoms with E-state index >= 15 is 0 Å². The summed E-state index contributed by atoms with van der Waals surface area (Å²) in [6.45, 7) is 4.14. The van der Waals surface area contributed by atoms with Gasteiger partial charge >= 0.3 is 17.9 Å². The van der Waals surface area contributed by atoms with E-state index in [1.54, 1.807) is 0 Å². The van der Waals surface area contributed by atoms with Gasteiger partial charge in [0.1, 0.15) is 13.2 Å². The third-order valence-corrected chi connectivity index (χ3v) is 8.67. The Morgan fingerprint density at radius 1 is 0.413 bits per heavy atom. The molecular formula is C39H74O7. The van der Waals surface area contributed by atoms with Crippen molar-refractivity contribution in [1.82, 2.24) is 0 Å². The van der Waals surface area contributed by atoms with Crippen molar-refractivity contribution in [3.05, 3.63) is 0 Å². The summed E-state index contributed by atoms with van der Waals surface area (Å²) in [6, 6.07) is 0. The molecule has 46 heavy (non-hydrogen) atoms. The lowest BCUT2D eigenvalue weighted by Gasteiger charge is -2.18. The number of aliphatic hydroxyl groups is 1. The fourth-order valence-electron chi connectivity index (χ4n) is 5.67. The van der Waals surface area contributed by atoms with E-state index in [0.717, 1.165) is 38.5 Å². The van der Waals surface area contributed by atoms with Crippen molar-refractivity contribution in [2.24, 2.45) is 0 Å². The molecule has 0 saturated heterocycles. The van der Waals surface area contributed by atoms with Gasteiger partial charge in [-0.2, -0.15) is 0 Å². The number of aliphatic hydroxyl groups excluding tert-OH is 1. The Balaban J connectivity index is 3.99. The molecule has 272 valence electrons. The SMILES string of the molecule is CCCCCCCCCCCCCCCC(=O)OCC(COC(=O)CCCCCCCCCCCCCCC)OC(=O)CCCO. The maximum absolute atomic E-state index is 12.3. The number of carbonyl (C=O) groups is 3. The molecule has 0 rings (SSSR count). The van der Waals surface area contributed by atoms with Gasteiger partial charge in [0.05, 0.1) is 0 Å². The molecule has 0 spiro atoms. The third-order valence-electron chi connectivity index (χ3n) is 8.67. The summed E-state index contributed by atoms with van der Waals surface area (Å²) in [5.74, 6) is -1.14. The van der Waals surface area contributed by atoms with Crippen LogP contribution in [0.2, 0.25) is 0 Å². The van der Waals surface area contributed by atoms with Gasteiger partial charge in [-0.3, -0.25) is 14.4 Å².